The molecule has 0 N–H and O–H groups in total. The SMILES string of the molecule is C=CC(=O)OC(C)COP(=O)(OCc1ccccc1)OCC(C)OC(=O)C=C. The van der Waals surface area contributed by atoms with Gasteiger partial charge in [0.25, 0.3) is 0 Å². The molecule has 0 amide bonds. The minimum Gasteiger partial charge on any atom is -0.457 e. The lowest BCUT2D eigenvalue weighted by Crippen LogP contribution is -2.21. The lowest BCUT2D eigenvalue weighted by atomic mass is 10.2. The Morgan fingerprint density at radius 1 is 0.929 bits per heavy atom. The van der Waals surface area contributed by atoms with Crippen molar-refractivity contribution < 1.29 is 37.2 Å². The number of benzene rings is 1. The fourth-order valence-corrected chi connectivity index (χ4v) is 3.11. The van der Waals surface area contributed by atoms with E-state index in [1.165, 1.54) is 0 Å². The summed E-state index contributed by atoms with van der Waals surface area (Å²) in [5.41, 5.74) is 0.757. The van der Waals surface area contributed by atoms with Crippen LogP contribution < -0.4 is 0 Å². The molecule has 1 rings (SSSR count). The van der Waals surface area contributed by atoms with Crippen molar-refractivity contribution in [1.82, 2.24) is 0 Å². The minimum absolute atomic E-state index is 0.0280. The number of carbonyl (C=O) groups is 2. The van der Waals surface area contributed by atoms with E-state index in [4.69, 9.17) is 23.0 Å². The Kier molecular flexibility index (Phi) is 10.4. The molecule has 0 bridgehead atoms. The van der Waals surface area contributed by atoms with Crippen molar-refractivity contribution >= 4 is 19.8 Å². The number of phosphoric ester groups is 1. The summed E-state index contributed by atoms with van der Waals surface area (Å²) in [4.78, 5) is 22.4. The second-order valence-electron chi connectivity index (χ2n) is 5.70. The Morgan fingerprint density at radius 2 is 1.39 bits per heavy atom. The monoisotopic (exact) mass is 412 g/mol. The molecule has 0 aromatic heterocycles. The summed E-state index contributed by atoms with van der Waals surface area (Å²) in [6.45, 7) is 9.21. The Hall–Kier alpha value is -2.25. The summed E-state index contributed by atoms with van der Waals surface area (Å²) < 4.78 is 38.8. The highest BCUT2D eigenvalue weighted by atomic mass is 31.2. The van der Waals surface area contributed by atoms with E-state index < -0.39 is 32.0 Å². The van der Waals surface area contributed by atoms with Crippen LogP contribution in [0.5, 0.6) is 0 Å². The first-order chi connectivity index (χ1) is 13.3. The number of hydrogen-bond donors (Lipinski definition) is 0. The summed E-state index contributed by atoms with van der Waals surface area (Å²) in [5, 5.41) is 0. The van der Waals surface area contributed by atoms with Gasteiger partial charge in [0.05, 0.1) is 19.8 Å². The molecule has 0 spiro atoms. The number of ether oxygens (including phenoxy) is 2. The predicted molar refractivity (Wildman–Crippen MR) is 102 cm³/mol. The van der Waals surface area contributed by atoms with Gasteiger partial charge in [-0.2, -0.15) is 0 Å². The van der Waals surface area contributed by atoms with E-state index >= 15 is 0 Å². The quantitative estimate of drug-likeness (QED) is 0.276. The first-order valence-corrected chi connectivity index (χ1v) is 9.97. The van der Waals surface area contributed by atoms with Gasteiger partial charge in [-0.15, -0.1) is 0 Å². The molecule has 0 aliphatic rings. The number of rotatable bonds is 13. The van der Waals surface area contributed by atoms with Crippen molar-refractivity contribution in [1.29, 1.82) is 0 Å². The molecule has 154 valence electrons. The molecule has 0 heterocycles. The molecule has 2 atom stereocenters. The highest BCUT2D eigenvalue weighted by Gasteiger charge is 2.29. The Morgan fingerprint density at radius 3 is 1.82 bits per heavy atom. The van der Waals surface area contributed by atoms with E-state index in [1.54, 1.807) is 38.1 Å². The van der Waals surface area contributed by atoms with E-state index in [2.05, 4.69) is 13.2 Å². The van der Waals surface area contributed by atoms with Gasteiger partial charge in [-0.25, -0.2) is 14.2 Å². The van der Waals surface area contributed by atoms with Gasteiger partial charge in [-0.05, 0) is 19.4 Å². The van der Waals surface area contributed by atoms with Crippen LogP contribution in [0, 0.1) is 0 Å². The lowest BCUT2D eigenvalue weighted by molar-refractivity contribution is -0.143. The van der Waals surface area contributed by atoms with Crippen LogP contribution in [0.2, 0.25) is 0 Å². The van der Waals surface area contributed by atoms with Crippen LogP contribution in [-0.4, -0.2) is 37.4 Å². The fourth-order valence-electron chi connectivity index (χ4n) is 1.79. The summed E-state index contributed by atoms with van der Waals surface area (Å²) in [6.07, 6.45) is 0.597. The highest BCUT2D eigenvalue weighted by molar-refractivity contribution is 7.48. The van der Waals surface area contributed by atoms with Crippen molar-refractivity contribution in [3.63, 3.8) is 0 Å². The molecule has 0 saturated heterocycles. The molecule has 28 heavy (non-hydrogen) atoms. The standard InChI is InChI=1S/C19H25O8P/c1-5-18(20)26-15(3)12-23-28(22,24-13-16(4)27-19(21)6-2)25-14-17-10-8-7-9-11-17/h5-11,15-16H,1-2,12-14H2,3-4H3. The molecular weight excluding hydrogens is 387 g/mol. The van der Waals surface area contributed by atoms with E-state index in [1.807, 2.05) is 6.07 Å². The molecular formula is C19H25O8P. The number of esters is 2. The summed E-state index contributed by atoms with van der Waals surface area (Å²) in [5.74, 6) is -1.27. The maximum atomic E-state index is 12.9. The zero-order valence-electron chi connectivity index (χ0n) is 15.9. The average Bonchev–Trinajstić information content (AvgIpc) is 2.70. The third-order valence-electron chi connectivity index (χ3n) is 3.13. The van der Waals surface area contributed by atoms with Gasteiger partial charge in [0, 0.05) is 12.2 Å². The van der Waals surface area contributed by atoms with E-state index in [0.717, 1.165) is 17.7 Å². The first-order valence-electron chi connectivity index (χ1n) is 8.51. The third-order valence-corrected chi connectivity index (χ3v) is 4.51. The van der Waals surface area contributed by atoms with Crippen molar-refractivity contribution in [3.8, 4) is 0 Å². The average molecular weight is 412 g/mol. The van der Waals surface area contributed by atoms with Gasteiger partial charge < -0.3 is 9.47 Å². The number of carbonyl (C=O) groups excluding carboxylic acids is 2. The van der Waals surface area contributed by atoms with Crippen LogP contribution in [0.3, 0.4) is 0 Å². The number of phosphoric acid groups is 1. The molecule has 2 unspecified atom stereocenters. The third kappa shape index (κ3) is 9.62. The molecule has 0 saturated carbocycles. The van der Waals surface area contributed by atoms with Crippen LogP contribution in [0.4, 0.5) is 0 Å². The maximum absolute atomic E-state index is 12.9. The van der Waals surface area contributed by atoms with Crippen LogP contribution in [0.15, 0.2) is 55.6 Å². The van der Waals surface area contributed by atoms with E-state index in [-0.39, 0.29) is 19.8 Å². The van der Waals surface area contributed by atoms with Gasteiger partial charge in [0.1, 0.15) is 12.2 Å². The zero-order chi connectivity index (χ0) is 21.0. The first kappa shape index (κ1) is 23.8. The molecule has 0 fully saturated rings. The predicted octanol–water partition coefficient (Wildman–Crippen LogP) is 3.58. The van der Waals surface area contributed by atoms with Crippen LogP contribution >= 0.6 is 7.82 Å². The van der Waals surface area contributed by atoms with Crippen molar-refractivity contribution in [2.45, 2.75) is 32.7 Å². The fraction of sp³-hybridized carbons (Fsp3) is 0.368. The molecule has 9 heteroatoms. The van der Waals surface area contributed by atoms with Gasteiger partial charge in [0.15, 0.2) is 0 Å². The maximum Gasteiger partial charge on any atom is 0.475 e. The molecule has 1 aromatic rings. The van der Waals surface area contributed by atoms with Gasteiger partial charge in [-0.1, -0.05) is 43.5 Å². The van der Waals surface area contributed by atoms with Gasteiger partial charge in [-0.3, -0.25) is 13.6 Å². The van der Waals surface area contributed by atoms with Gasteiger partial charge >= 0.3 is 19.8 Å². The highest BCUT2D eigenvalue weighted by Crippen LogP contribution is 2.50. The lowest BCUT2D eigenvalue weighted by Gasteiger charge is -2.21. The topological polar surface area (TPSA) is 97.4 Å². The smallest absolute Gasteiger partial charge is 0.457 e. The summed E-state index contributed by atoms with van der Waals surface area (Å²) in [7, 11) is -4.03. The van der Waals surface area contributed by atoms with Gasteiger partial charge in [0.2, 0.25) is 0 Å². The van der Waals surface area contributed by atoms with E-state index in [0.29, 0.717) is 0 Å². The molecule has 0 aliphatic heterocycles. The Bertz CT molecular complexity index is 667. The van der Waals surface area contributed by atoms with Crippen molar-refractivity contribution in [2.24, 2.45) is 0 Å². The largest absolute Gasteiger partial charge is 0.475 e. The Labute approximate surface area is 164 Å². The zero-order valence-corrected chi connectivity index (χ0v) is 16.8. The molecule has 8 nitrogen and oxygen atoms in total. The van der Waals surface area contributed by atoms with Crippen LogP contribution in [0.1, 0.15) is 19.4 Å². The van der Waals surface area contributed by atoms with Crippen molar-refractivity contribution in [3.05, 3.63) is 61.2 Å². The number of hydrogen-bond acceptors (Lipinski definition) is 8. The Balaban J connectivity index is 2.69. The second-order valence-corrected chi connectivity index (χ2v) is 7.37. The van der Waals surface area contributed by atoms with Crippen molar-refractivity contribution in [2.75, 3.05) is 13.2 Å². The molecule has 0 radical (unpaired) electrons. The summed E-state index contributed by atoms with van der Waals surface area (Å²) >= 11 is 0. The van der Waals surface area contributed by atoms with E-state index in [9.17, 15) is 14.2 Å². The molecule has 1 aromatic carbocycles. The second kappa shape index (κ2) is 12.3. The van der Waals surface area contributed by atoms with Crippen LogP contribution in [-0.2, 0) is 43.8 Å². The molecule has 0 aliphatic carbocycles. The summed E-state index contributed by atoms with van der Waals surface area (Å²) in [6, 6.07) is 9.01. The minimum atomic E-state index is -4.03. The normalized spacial score (nSPS) is 14.9. The van der Waals surface area contributed by atoms with Crippen LogP contribution in [0.25, 0.3) is 0 Å².